The van der Waals surface area contributed by atoms with Gasteiger partial charge in [-0.3, -0.25) is 4.79 Å². The summed E-state index contributed by atoms with van der Waals surface area (Å²) in [5.41, 5.74) is 1.28. The van der Waals surface area contributed by atoms with Gasteiger partial charge in [-0.15, -0.1) is 0 Å². The first kappa shape index (κ1) is 16.0. The molecule has 4 nitrogen and oxygen atoms in total. The zero-order valence-corrected chi connectivity index (χ0v) is 12.8. The minimum absolute atomic E-state index is 0.190. The van der Waals surface area contributed by atoms with Crippen LogP contribution in [0.3, 0.4) is 0 Å². The number of likely N-dealkylation sites (tertiary alicyclic amines) is 1. The monoisotopic (exact) mass is 290 g/mol. The molecule has 0 aliphatic carbocycles. The second-order valence-corrected chi connectivity index (χ2v) is 5.75. The summed E-state index contributed by atoms with van der Waals surface area (Å²) < 4.78 is 0. The van der Waals surface area contributed by atoms with E-state index >= 15 is 0 Å². The van der Waals surface area contributed by atoms with Crippen LogP contribution in [0.1, 0.15) is 38.2 Å². The van der Waals surface area contributed by atoms with Gasteiger partial charge in [0.2, 0.25) is 5.91 Å². The van der Waals surface area contributed by atoms with Crippen LogP contribution in [0.4, 0.5) is 0 Å². The van der Waals surface area contributed by atoms with Crippen molar-refractivity contribution in [2.45, 2.75) is 51.3 Å². The lowest BCUT2D eigenvalue weighted by atomic mass is 10.1. The van der Waals surface area contributed by atoms with Gasteiger partial charge in [-0.2, -0.15) is 0 Å². The fourth-order valence-corrected chi connectivity index (χ4v) is 2.80. The quantitative estimate of drug-likeness (QED) is 0.719. The Morgan fingerprint density at radius 3 is 2.86 bits per heavy atom. The van der Waals surface area contributed by atoms with Crippen LogP contribution < -0.4 is 5.32 Å². The van der Waals surface area contributed by atoms with E-state index in [4.69, 9.17) is 0 Å². The van der Waals surface area contributed by atoms with Crippen LogP contribution in [-0.2, 0) is 11.3 Å². The van der Waals surface area contributed by atoms with Gasteiger partial charge in [0.15, 0.2) is 0 Å². The molecule has 2 atom stereocenters. The van der Waals surface area contributed by atoms with Crippen molar-refractivity contribution >= 4 is 5.91 Å². The second-order valence-electron chi connectivity index (χ2n) is 5.75. The molecule has 1 saturated heterocycles. The Kier molecular flexibility index (Phi) is 6.21. The van der Waals surface area contributed by atoms with E-state index in [1.165, 1.54) is 5.56 Å². The molecule has 1 heterocycles. The van der Waals surface area contributed by atoms with Crippen molar-refractivity contribution in [2.75, 3.05) is 13.1 Å². The van der Waals surface area contributed by atoms with E-state index < -0.39 is 6.10 Å². The molecule has 1 amide bonds. The molecule has 1 fully saturated rings. The van der Waals surface area contributed by atoms with Crippen LogP contribution in [0, 0.1) is 0 Å². The molecule has 1 aromatic rings. The molecule has 0 unspecified atom stereocenters. The standard InChI is InChI=1S/C17H26N2O2/c1-2-16(20)13-19-15(8-9-17(19)21)10-11-18-12-14-6-4-3-5-7-14/h3-7,15-16,18,20H,2,8-13H2,1H3/t15-,16+/m1/s1. The normalized spacial score (nSPS) is 20.0. The fourth-order valence-electron chi connectivity index (χ4n) is 2.80. The van der Waals surface area contributed by atoms with Gasteiger partial charge in [0.25, 0.3) is 0 Å². The predicted octanol–water partition coefficient (Wildman–Crippen LogP) is 1.93. The van der Waals surface area contributed by atoms with Gasteiger partial charge >= 0.3 is 0 Å². The lowest BCUT2D eigenvalue weighted by Crippen LogP contribution is -2.40. The van der Waals surface area contributed by atoms with Gasteiger partial charge in [0.05, 0.1) is 6.10 Å². The number of nitrogens with zero attached hydrogens (tertiary/aromatic N) is 1. The lowest BCUT2D eigenvalue weighted by Gasteiger charge is -2.27. The first-order chi connectivity index (χ1) is 10.2. The smallest absolute Gasteiger partial charge is 0.222 e. The Labute approximate surface area is 127 Å². The average molecular weight is 290 g/mol. The molecular weight excluding hydrogens is 264 g/mol. The first-order valence-electron chi connectivity index (χ1n) is 7.93. The van der Waals surface area contributed by atoms with E-state index in [0.717, 1.165) is 25.9 Å². The maximum absolute atomic E-state index is 11.9. The van der Waals surface area contributed by atoms with Crippen molar-refractivity contribution in [1.82, 2.24) is 10.2 Å². The molecule has 4 heteroatoms. The number of carbonyl (C=O) groups is 1. The maximum Gasteiger partial charge on any atom is 0.222 e. The molecule has 0 bridgehead atoms. The molecule has 2 rings (SSSR count). The number of aliphatic hydroxyl groups is 1. The Balaban J connectivity index is 1.72. The Bertz CT molecular complexity index is 436. The zero-order chi connectivity index (χ0) is 15.1. The third-order valence-corrected chi connectivity index (χ3v) is 4.16. The number of benzene rings is 1. The summed E-state index contributed by atoms with van der Waals surface area (Å²) in [4.78, 5) is 13.8. The number of β-amino-alcohol motifs (C(OH)–C–C–N with tert-alkyl or cyclic N) is 1. The van der Waals surface area contributed by atoms with Crippen LogP contribution in [0.25, 0.3) is 0 Å². The van der Waals surface area contributed by atoms with E-state index in [1.54, 1.807) is 0 Å². The number of rotatable bonds is 8. The highest BCUT2D eigenvalue weighted by Crippen LogP contribution is 2.21. The van der Waals surface area contributed by atoms with E-state index in [1.807, 2.05) is 30.0 Å². The van der Waals surface area contributed by atoms with Gasteiger partial charge in [-0.1, -0.05) is 37.3 Å². The SMILES string of the molecule is CC[C@H](O)CN1C(=O)CC[C@@H]1CCNCc1ccccc1. The summed E-state index contributed by atoms with van der Waals surface area (Å²) in [6.45, 7) is 4.19. The number of amides is 1. The zero-order valence-electron chi connectivity index (χ0n) is 12.8. The average Bonchev–Trinajstić information content (AvgIpc) is 2.85. The lowest BCUT2D eigenvalue weighted by molar-refractivity contribution is -0.130. The van der Waals surface area contributed by atoms with Gasteiger partial charge in [-0.25, -0.2) is 0 Å². The van der Waals surface area contributed by atoms with Crippen LogP contribution in [0.5, 0.6) is 0 Å². The predicted molar refractivity (Wildman–Crippen MR) is 83.8 cm³/mol. The summed E-state index contributed by atoms with van der Waals surface area (Å²) >= 11 is 0. The summed E-state index contributed by atoms with van der Waals surface area (Å²) in [6.07, 6.45) is 2.80. The van der Waals surface area contributed by atoms with Gasteiger partial charge in [0.1, 0.15) is 0 Å². The molecule has 1 aliphatic rings. The number of nitrogens with one attached hydrogen (secondary N) is 1. The Morgan fingerprint density at radius 1 is 1.38 bits per heavy atom. The third kappa shape index (κ3) is 4.83. The molecule has 1 aromatic carbocycles. The highest BCUT2D eigenvalue weighted by Gasteiger charge is 2.31. The molecule has 0 saturated carbocycles. The molecule has 0 aromatic heterocycles. The molecular formula is C17H26N2O2. The van der Waals surface area contributed by atoms with Gasteiger partial charge in [0, 0.05) is 25.6 Å². The molecule has 2 N–H and O–H groups in total. The van der Waals surface area contributed by atoms with Gasteiger partial charge < -0.3 is 15.3 Å². The molecule has 0 spiro atoms. The summed E-state index contributed by atoms with van der Waals surface area (Å²) in [6, 6.07) is 10.6. The fraction of sp³-hybridized carbons (Fsp3) is 0.588. The minimum atomic E-state index is -0.396. The van der Waals surface area contributed by atoms with E-state index in [0.29, 0.717) is 19.4 Å². The van der Waals surface area contributed by atoms with Crippen LogP contribution in [0.2, 0.25) is 0 Å². The molecule has 1 aliphatic heterocycles. The maximum atomic E-state index is 11.9. The van der Waals surface area contributed by atoms with Crippen LogP contribution in [0.15, 0.2) is 30.3 Å². The number of hydrogen-bond acceptors (Lipinski definition) is 3. The van der Waals surface area contributed by atoms with Crippen molar-refractivity contribution in [3.8, 4) is 0 Å². The topological polar surface area (TPSA) is 52.6 Å². The van der Waals surface area contributed by atoms with Crippen LogP contribution in [-0.4, -0.2) is 41.1 Å². The highest BCUT2D eigenvalue weighted by atomic mass is 16.3. The molecule has 116 valence electrons. The summed E-state index contributed by atoms with van der Waals surface area (Å²) in [5, 5.41) is 13.2. The number of aliphatic hydroxyl groups excluding tert-OH is 1. The number of carbonyl (C=O) groups excluding carboxylic acids is 1. The summed E-state index contributed by atoms with van der Waals surface area (Å²) in [7, 11) is 0. The van der Waals surface area contributed by atoms with E-state index in [2.05, 4.69) is 17.4 Å². The van der Waals surface area contributed by atoms with E-state index in [-0.39, 0.29) is 11.9 Å². The third-order valence-electron chi connectivity index (χ3n) is 4.16. The van der Waals surface area contributed by atoms with Crippen molar-refractivity contribution < 1.29 is 9.90 Å². The molecule has 0 radical (unpaired) electrons. The Hall–Kier alpha value is -1.39. The van der Waals surface area contributed by atoms with Gasteiger partial charge in [-0.05, 0) is 31.4 Å². The van der Waals surface area contributed by atoms with Crippen molar-refractivity contribution in [2.24, 2.45) is 0 Å². The number of hydrogen-bond donors (Lipinski definition) is 2. The highest BCUT2D eigenvalue weighted by molar-refractivity contribution is 5.78. The second kappa shape index (κ2) is 8.15. The molecule has 21 heavy (non-hydrogen) atoms. The van der Waals surface area contributed by atoms with Crippen molar-refractivity contribution in [1.29, 1.82) is 0 Å². The largest absolute Gasteiger partial charge is 0.391 e. The Morgan fingerprint density at radius 2 is 2.14 bits per heavy atom. The van der Waals surface area contributed by atoms with E-state index in [9.17, 15) is 9.90 Å². The minimum Gasteiger partial charge on any atom is -0.391 e. The first-order valence-corrected chi connectivity index (χ1v) is 7.93. The van der Waals surface area contributed by atoms with Crippen molar-refractivity contribution in [3.63, 3.8) is 0 Å². The van der Waals surface area contributed by atoms with Crippen LogP contribution >= 0.6 is 0 Å². The van der Waals surface area contributed by atoms with Crippen molar-refractivity contribution in [3.05, 3.63) is 35.9 Å². The summed E-state index contributed by atoms with van der Waals surface area (Å²) in [5.74, 6) is 0.190.